The summed E-state index contributed by atoms with van der Waals surface area (Å²) in [4.78, 5) is 0. The van der Waals surface area contributed by atoms with E-state index >= 15 is 0 Å². The molecule has 0 saturated carbocycles. The maximum atomic E-state index is 9.21. The lowest BCUT2D eigenvalue weighted by Gasteiger charge is -2.34. The van der Waals surface area contributed by atoms with E-state index in [2.05, 4.69) is 91.0 Å². The monoisotopic (exact) mass is 514 g/mol. The molecular weight excluding hydrogens is 484 g/mol. The van der Waals surface area contributed by atoms with E-state index in [0.29, 0.717) is 0 Å². The summed E-state index contributed by atoms with van der Waals surface area (Å²) in [5.74, 6) is 1.44. The van der Waals surface area contributed by atoms with Gasteiger partial charge in [-0.15, -0.1) is 0 Å². The standard InChI is InChI=1S/C35H30O4/c36-20-22-38-29-15-11-27(12-16-29)35(28-13-17-30(18-14-28)39-23-21-37)33-9-5-4-8-31(33)32-19-10-26(24-34(32)35)25-6-2-1-3-7-25/h1-19,24,36-37H,20-23H2. The number of ether oxygens (including phenoxy) is 2. The zero-order valence-corrected chi connectivity index (χ0v) is 21.6. The second-order valence-corrected chi connectivity index (χ2v) is 9.61. The molecule has 1 aliphatic rings. The van der Waals surface area contributed by atoms with Crippen LogP contribution in [0.25, 0.3) is 22.3 Å². The normalized spacial score (nSPS) is 13.0. The van der Waals surface area contributed by atoms with Crippen LogP contribution < -0.4 is 9.47 Å². The zero-order chi connectivity index (χ0) is 26.7. The van der Waals surface area contributed by atoms with Crippen LogP contribution in [0.3, 0.4) is 0 Å². The first-order valence-electron chi connectivity index (χ1n) is 13.2. The maximum Gasteiger partial charge on any atom is 0.119 e. The molecule has 4 nitrogen and oxygen atoms in total. The van der Waals surface area contributed by atoms with Gasteiger partial charge in [0.05, 0.1) is 18.6 Å². The zero-order valence-electron chi connectivity index (χ0n) is 21.6. The molecule has 6 rings (SSSR count). The summed E-state index contributed by atoms with van der Waals surface area (Å²) in [6.45, 7) is 0.455. The Bertz CT molecular complexity index is 1510. The molecule has 0 radical (unpaired) electrons. The van der Waals surface area contributed by atoms with Crippen LogP contribution >= 0.6 is 0 Å². The minimum atomic E-state index is -0.568. The topological polar surface area (TPSA) is 58.9 Å². The third-order valence-electron chi connectivity index (χ3n) is 7.45. The Balaban J connectivity index is 1.60. The van der Waals surface area contributed by atoms with Crippen molar-refractivity contribution >= 4 is 0 Å². The number of hydrogen-bond acceptors (Lipinski definition) is 4. The molecule has 5 aromatic carbocycles. The van der Waals surface area contributed by atoms with Crippen molar-refractivity contribution in [1.82, 2.24) is 0 Å². The lowest BCUT2D eigenvalue weighted by molar-refractivity contribution is 0.201. The molecule has 0 saturated heterocycles. The summed E-state index contributed by atoms with van der Waals surface area (Å²) < 4.78 is 11.4. The van der Waals surface area contributed by atoms with E-state index in [0.717, 1.165) is 28.2 Å². The largest absolute Gasteiger partial charge is 0.491 e. The Labute approximate surface area is 228 Å². The molecule has 2 N–H and O–H groups in total. The fraction of sp³-hybridized carbons (Fsp3) is 0.143. The van der Waals surface area contributed by atoms with Gasteiger partial charge < -0.3 is 19.7 Å². The first kappa shape index (κ1) is 24.9. The van der Waals surface area contributed by atoms with E-state index in [1.165, 1.54) is 27.8 Å². The molecule has 194 valence electrons. The minimum absolute atomic E-state index is 0.0284. The fourth-order valence-corrected chi connectivity index (χ4v) is 5.81. The van der Waals surface area contributed by atoms with Crippen LogP contribution in [-0.2, 0) is 5.41 Å². The number of aliphatic hydroxyl groups is 2. The number of rotatable bonds is 9. The van der Waals surface area contributed by atoms with Crippen molar-refractivity contribution in [2.24, 2.45) is 0 Å². The average molecular weight is 515 g/mol. The highest BCUT2D eigenvalue weighted by atomic mass is 16.5. The molecule has 0 fully saturated rings. The Morgan fingerprint density at radius 3 is 1.62 bits per heavy atom. The van der Waals surface area contributed by atoms with Crippen molar-refractivity contribution in [2.75, 3.05) is 26.4 Å². The van der Waals surface area contributed by atoms with Crippen LogP contribution in [0.2, 0.25) is 0 Å². The third-order valence-corrected chi connectivity index (χ3v) is 7.45. The van der Waals surface area contributed by atoms with Gasteiger partial charge in [-0.3, -0.25) is 0 Å². The third kappa shape index (κ3) is 4.38. The second-order valence-electron chi connectivity index (χ2n) is 9.61. The quantitative estimate of drug-likeness (QED) is 0.233. The van der Waals surface area contributed by atoms with Gasteiger partial charge in [0.2, 0.25) is 0 Å². The SMILES string of the molecule is OCCOc1ccc(C2(c3ccc(OCCO)cc3)c3ccccc3-c3ccc(-c4ccccc4)cc32)cc1. The Kier molecular flexibility index (Phi) is 6.89. The molecule has 1 aliphatic carbocycles. The smallest absolute Gasteiger partial charge is 0.119 e. The lowest BCUT2D eigenvalue weighted by atomic mass is 9.67. The molecule has 0 heterocycles. The molecule has 0 atom stereocenters. The van der Waals surface area contributed by atoms with Gasteiger partial charge in [-0.05, 0) is 74.8 Å². The van der Waals surface area contributed by atoms with Gasteiger partial charge in [0.1, 0.15) is 24.7 Å². The van der Waals surface area contributed by atoms with Crippen molar-refractivity contribution in [3.63, 3.8) is 0 Å². The van der Waals surface area contributed by atoms with Crippen LogP contribution in [0.1, 0.15) is 22.3 Å². The van der Waals surface area contributed by atoms with Crippen molar-refractivity contribution < 1.29 is 19.7 Å². The molecule has 0 amide bonds. The summed E-state index contributed by atoms with van der Waals surface area (Å²) in [5.41, 5.74) is 8.89. The highest BCUT2D eigenvalue weighted by Crippen LogP contribution is 2.57. The Morgan fingerprint density at radius 2 is 1.03 bits per heavy atom. The van der Waals surface area contributed by atoms with E-state index in [-0.39, 0.29) is 26.4 Å². The number of benzene rings is 5. The highest BCUT2D eigenvalue weighted by molar-refractivity contribution is 5.88. The fourth-order valence-electron chi connectivity index (χ4n) is 5.81. The minimum Gasteiger partial charge on any atom is -0.491 e. The first-order chi connectivity index (χ1) is 19.3. The molecule has 0 unspecified atom stereocenters. The van der Waals surface area contributed by atoms with Gasteiger partial charge in [-0.25, -0.2) is 0 Å². The van der Waals surface area contributed by atoms with Gasteiger partial charge in [0, 0.05) is 0 Å². The predicted octanol–water partition coefficient (Wildman–Crippen LogP) is 6.46. The molecule has 0 bridgehead atoms. The van der Waals surface area contributed by atoms with E-state index in [4.69, 9.17) is 9.47 Å². The molecule has 0 aromatic heterocycles. The molecule has 5 aromatic rings. The molecule has 4 heteroatoms. The summed E-state index contributed by atoms with van der Waals surface area (Å²) in [5, 5.41) is 18.4. The predicted molar refractivity (Wildman–Crippen MR) is 154 cm³/mol. The van der Waals surface area contributed by atoms with Gasteiger partial charge in [0.15, 0.2) is 0 Å². The number of fused-ring (bicyclic) bond motifs is 3. The van der Waals surface area contributed by atoms with Crippen molar-refractivity contribution in [3.05, 3.63) is 144 Å². The summed E-state index contributed by atoms with van der Waals surface area (Å²) in [7, 11) is 0. The van der Waals surface area contributed by atoms with Crippen LogP contribution in [0, 0.1) is 0 Å². The van der Waals surface area contributed by atoms with Crippen molar-refractivity contribution in [3.8, 4) is 33.8 Å². The Morgan fingerprint density at radius 1 is 0.487 bits per heavy atom. The highest BCUT2D eigenvalue weighted by Gasteiger charge is 2.46. The van der Waals surface area contributed by atoms with E-state index in [1.807, 2.05) is 30.3 Å². The summed E-state index contributed by atoms with van der Waals surface area (Å²) >= 11 is 0. The molecular formula is C35H30O4. The maximum absolute atomic E-state index is 9.21. The average Bonchev–Trinajstić information content (AvgIpc) is 3.30. The van der Waals surface area contributed by atoms with Crippen LogP contribution in [-0.4, -0.2) is 36.6 Å². The van der Waals surface area contributed by atoms with Crippen LogP contribution in [0.15, 0.2) is 121 Å². The van der Waals surface area contributed by atoms with E-state index in [9.17, 15) is 10.2 Å². The van der Waals surface area contributed by atoms with Gasteiger partial charge in [-0.1, -0.05) is 91.0 Å². The number of aliphatic hydroxyl groups excluding tert-OH is 2. The summed E-state index contributed by atoms with van der Waals surface area (Å²) in [6, 6.07) is 42.3. The molecule has 39 heavy (non-hydrogen) atoms. The lowest BCUT2D eigenvalue weighted by Crippen LogP contribution is -2.28. The van der Waals surface area contributed by atoms with Crippen LogP contribution in [0.5, 0.6) is 11.5 Å². The van der Waals surface area contributed by atoms with Crippen molar-refractivity contribution in [2.45, 2.75) is 5.41 Å². The molecule has 0 aliphatic heterocycles. The van der Waals surface area contributed by atoms with Gasteiger partial charge in [0.25, 0.3) is 0 Å². The van der Waals surface area contributed by atoms with Crippen molar-refractivity contribution in [1.29, 1.82) is 0 Å². The van der Waals surface area contributed by atoms with E-state index < -0.39 is 5.41 Å². The second kappa shape index (κ2) is 10.8. The van der Waals surface area contributed by atoms with E-state index in [1.54, 1.807) is 0 Å². The van der Waals surface area contributed by atoms with Gasteiger partial charge >= 0.3 is 0 Å². The Hall–Kier alpha value is -4.38. The molecule has 0 spiro atoms. The van der Waals surface area contributed by atoms with Gasteiger partial charge in [-0.2, -0.15) is 0 Å². The number of hydrogen-bond donors (Lipinski definition) is 2. The summed E-state index contributed by atoms with van der Waals surface area (Å²) in [6.07, 6.45) is 0. The van der Waals surface area contributed by atoms with Crippen LogP contribution in [0.4, 0.5) is 0 Å². The first-order valence-corrected chi connectivity index (χ1v) is 13.2.